The molecule has 2 amide bonds. The number of nitrogens with zero attached hydrogens (tertiary/aromatic N) is 2. The molecule has 0 aromatic rings. The summed E-state index contributed by atoms with van der Waals surface area (Å²) >= 11 is 0. The Bertz CT molecular complexity index is 1160. The lowest BCUT2D eigenvalue weighted by atomic mass is 9.72. The smallest absolute Gasteiger partial charge is 0.251 e. The van der Waals surface area contributed by atoms with Gasteiger partial charge in [-0.3, -0.25) is 19.4 Å². The third-order valence-corrected chi connectivity index (χ3v) is 12.0. The Kier molecular flexibility index (Phi) is 23.3. The van der Waals surface area contributed by atoms with E-state index < -0.39 is 36.5 Å². The van der Waals surface area contributed by atoms with Crippen LogP contribution in [0.2, 0.25) is 0 Å². The fourth-order valence-corrected chi connectivity index (χ4v) is 6.04. The first kappa shape index (κ1) is 57.8. The highest BCUT2D eigenvalue weighted by Gasteiger charge is 2.43. The van der Waals surface area contributed by atoms with Crippen molar-refractivity contribution in [1.29, 1.82) is 0 Å². The normalized spacial score (nSPS) is 15.6. The van der Waals surface area contributed by atoms with Crippen molar-refractivity contribution >= 4 is 11.8 Å². The average molecular weight is 815 g/mol. The van der Waals surface area contributed by atoms with E-state index in [1.165, 1.54) is 0 Å². The summed E-state index contributed by atoms with van der Waals surface area (Å²) in [4.78, 5) is 30.8. The largest absolute Gasteiger partial charge is 0.390 e. The van der Waals surface area contributed by atoms with Crippen LogP contribution in [0.1, 0.15) is 172 Å². The second-order valence-electron chi connectivity index (χ2n) is 23.0. The van der Waals surface area contributed by atoms with E-state index in [-0.39, 0.29) is 50.4 Å². The van der Waals surface area contributed by atoms with E-state index in [1.54, 1.807) is 0 Å². The second kappa shape index (κ2) is 23.0. The molecule has 0 bridgehead atoms. The van der Waals surface area contributed by atoms with Crippen LogP contribution in [0.4, 0.5) is 0 Å². The molecule has 0 saturated carbocycles. The Labute approximate surface area is 353 Å². The van der Waals surface area contributed by atoms with Gasteiger partial charge in [-0.25, -0.2) is 0 Å². The molecule has 3 unspecified atom stereocenters. The molecule has 0 aromatic carbocycles. The van der Waals surface area contributed by atoms with E-state index in [0.717, 1.165) is 39.0 Å². The van der Waals surface area contributed by atoms with Gasteiger partial charge in [0.2, 0.25) is 5.91 Å². The summed E-state index contributed by atoms with van der Waals surface area (Å²) in [5.74, 6) is -1.24. The average Bonchev–Trinajstić information content (AvgIpc) is 3.04. The van der Waals surface area contributed by atoms with Gasteiger partial charge < -0.3 is 36.6 Å². The van der Waals surface area contributed by atoms with Gasteiger partial charge in [0.1, 0.15) is 6.10 Å². The number of carbonyl (C=O) groups is 2. The highest BCUT2D eigenvalue weighted by molar-refractivity contribution is 5.81. The Morgan fingerprint density at radius 1 is 0.526 bits per heavy atom. The summed E-state index contributed by atoms with van der Waals surface area (Å²) in [6, 6.07) is 0. The van der Waals surface area contributed by atoms with Crippen molar-refractivity contribution in [1.82, 2.24) is 31.1 Å². The Morgan fingerprint density at radius 3 is 1.18 bits per heavy atom. The number of hydrogen-bond acceptors (Lipinski definition) is 9. The standard InChI is InChI=1S/C44H92N6O5.C2H6/c1-37(2,3)21-25-49(43(17,18)41(13,14)30-47-39(7,8)9)27-23-45-33(52)29-32(51)34(53)35(54)36(55)46-24-28-50(26-22-38(4,5)6)44(19,20)42(15,16)31-48-40(10,11)12;1-2/h32,34-35,47-48,51,53-54H,21-31H2,1-20H3,(H,45,52)(H,46,55);1-2H3. The second-order valence-corrected chi connectivity index (χ2v) is 23.0. The van der Waals surface area contributed by atoms with Gasteiger partial charge in [-0.1, -0.05) is 83.1 Å². The van der Waals surface area contributed by atoms with Gasteiger partial charge in [-0.05, 0) is 117 Å². The first-order chi connectivity index (χ1) is 25.4. The minimum Gasteiger partial charge on any atom is -0.390 e. The highest BCUT2D eigenvalue weighted by atomic mass is 16.4. The Balaban J connectivity index is 0. The van der Waals surface area contributed by atoms with Crippen LogP contribution in [0.15, 0.2) is 0 Å². The molecule has 0 aliphatic carbocycles. The van der Waals surface area contributed by atoms with Crippen LogP contribution < -0.4 is 21.3 Å². The maximum Gasteiger partial charge on any atom is 0.251 e. The molecule has 0 aromatic heterocycles. The van der Waals surface area contributed by atoms with Crippen LogP contribution in [0.25, 0.3) is 0 Å². The van der Waals surface area contributed by atoms with Crippen LogP contribution >= 0.6 is 0 Å². The van der Waals surface area contributed by atoms with Gasteiger partial charge in [-0.2, -0.15) is 0 Å². The number of aliphatic hydroxyl groups excluding tert-OH is 3. The van der Waals surface area contributed by atoms with Crippen molar-refractivity contribution in [2.24, 2.45) is 21.7 Å². The maximum atomic E-state index is 13.0. The summed E-state index contributed by atoms with van der Waals surface area (Å²) in [7, 11) is 0. The lowest BCUT2D eigenvalue weighted by molar-refractivity contribution is -0.143. The van der Waals surface area contributed by atoms with E-state index in [1.807, 2.05) is 13.8 Å². The molecule has 0 saturated heterocycles. The highest BCUT2D eigenvalue weighted by Crippen LogP contribution is 2.38. The first-order valence-electron chi connectivity index (χ1n) is 21.9. The summed E-state index contributed by atoms with van der Waals surface area (Å²) < 4.78 is 0. The summed E-state index contributed by atoms with van der Waals surface area (Å²) in [5.41, 5.74) is -0.453. The van der Waals surface area contributed by atoms with Crippen molar-refractivity contribution in [3.05, 3.63) is 0 Å². The molecule has 0 radical (unpaired) electrons. The lowest BCUT2D eigenvalue weighted by Gasteiger charge is -2.51. The van der Waals surface area contributed by atoms with Gasteiger partial charge in [0, 0.05) is 61.4 Å². The number of nitrogens with one attached hydrogen (secondary N) is 4. The van der Waals surface area contributed by atoms with E-state index >= 15 is 0 Å². The molecule has 11 heteroatoms. The van der Waals surface area contributed by atoms with Gasteiger partial charge in [0.15, 0.2) is 6.10 Å². The monoisotopic (exact) mass is 815 g/mol. The van der Waals surface area contributed by atoms with Crippen molar-refractivity contribution in [3.63, 3.8) is 0 Å². The third kappa shape index (κ3) is 22.2. The molecular weight excluding hydrogens is 717 g/mol. The number of rotatable bonds is 23. The van der Waals surface area contributed by atoms with Crippen LogP contribution in [0.3, 0.4) is 0 Å². The van der Waals surface area contributed by atoms with Crippen LogP contribution in [0.5, 0.6) is 0 Å². The molecule has 0 heterocycles. The van der Waals surface area contributed by atoms with Crippen LogP contribution in [0, 0.1) is 21.7 Å². The van der Waals surface area contributed by atoms with Crippen molar-refractivity contribution in [2.75, 3.05) is 52.4 Å². The Hall–Kier alpha value is -1.34. The fraction of sp³-hybridized carbons (Fsp3) is 0.957. The minimum atomic E-state index is -1.89. The minimum absolute atomic E-state index is 0.0113. The molecule has 7 N–H and O–H groups in total. The van der Waals surface area contributed by atoms with Crippen molar-refractivity contribution in [2.45, 2.75) is 212 Å². The van der Waals surface area contributed by atoms with Gasteiger partial charge in [0.25, 0.3) is 5.91 Å². The third-order valence-electron chi connectivity index (χ3n) is 12.0. The van der Waals surface area contributed by atoms with Gasteiger partial charge >= 0.3 is 0 Å². The molecule has 342 valence electrons. The SMILES string of the molecule is CC.CC(C)(C)CCN(CCNC(=O)CC(O)C(O)C(O)C(=O)NCCN(CCC(C)(C)C)C(C)(C)C(C)(C)CNC(C)(C)C)C(C)(C)C(C)(C)CNC(C)(C)C. The van der Waals surface area contributed by atoms with Gasteiger partial charge in [-0.15, -0.1) is 0 Å². The maximum absolute atomic E-state index is 13.0. The predicted molar refractivity (Wildman–Crippen MR) is 243 cm³/mol. The molecule has 0 fully saturated rings. The number of aliphatic hydroxyl groups is 3. The summed E-state index contributed by atoms with van der Waals surface area (Å²) in [5, 5.41) is 45.2. The van der Waals surface area contributed by atoms with E-state index in [4.69, 9.17) is 0 Å². The zero-order valence-corrected chi connectivity index (χ0v) is 41.6. The first-order valence-corrected chi connectivity index (χ1v) is 21.9. The van der Waals surface area contributed by atoms with E-state index in [2.05, 4.69) is 170 Å². The van der Waals surface area contributed by atoms with Crippen molar-refractivity contribution < 1.29 is 24.9 Å². The topological polar surface area (TPSA) is 149 Å². The molecule has 0 spiro atoms. The van der Waals surface area contributed by atoms with Crippen LogP contribution in [-0.4, -0.2) is 130 Å². The molecule has 3 atom stereocenters. The molecular formula is C46H98N6O5. The number of hydrogen-bond donors (Lipinski definition) is 7. The van der Waals surface area contributed by atoms with E-state index in [9.17, 15) is 24.9 Å². The van der Waals surface area contributed by atoms with Crippen LogP contribution in [-0.2, 0) is 9.59 Å². The van der Waals surface area contributed by atoms with E-state index in [0.29, 0.717) is 19.6 Å². The zero-order chi connectivity index (χ0) is 45.6. The molecule has 0 rings (SSSR count). The molecule has 0 aliphatic rings. The fourth-order valence-electron chi connectivity index (χ4n) is 6.04. The van der Waals surface area contributed by atoms with Crippen molar-refractivity contribution in [3.8, 4) is 0 Å². The molecule has 11 nitrogen and oxygen atoms in total. The number of amides is 2. The summed E-state index contributed by atoms with van der Waals surface area (Å²) in [6.45, 7) is 53.4. The van der Waals surface area contributed by atoms with Gasteiger partial charge in [0.05, 0.1) is 12.5 Å². The molecule has 57 heavy (non-hydrogen) atoms. The Morgan fingerprint density at radius 2 is 0.860 bits per heavy atom. The predicted octanol–water partition coefficient (Wildman–Crippen LogP) is 6.58. The summed E-state index contributed by atoms with van der Waals surface area (Å²) in [6.07, 6.45) is -3.82. The lowest BCUT2D eigenvalue weighted by Crippen LogP contribution is -2.60. The number of carbonyl (C=O) groups excluding carboxylic acids is 2. The molecule has 0 aliphatic heterocycles. The quantitative estimate of drug-likeness (QED) is 0.0608. The zero-order valence-electron chi connectivity index (χ0n) is 41.6.